The number of hydrogen-bond donors (Lipinski definition) is 2. The molecule has 2 aliphatic rings. The van der Waals surface area contributed by atoms with Gasteiger partial charge in [0.05, 0.1) is 13.2 Å². The second kappa shape index (κ2) is 8.52. The number of hydrogen-bond acceptors (Lipinski definition) is 3. The van der Waals surface area contributed by atoms with E-state index in [9.17, 15) is 9.59 Å². The first-order valence-corrected chi connectivity index (χ1v) is 10.2. The largest absolute Gasteiger partial charge is 0.497 e. The molecule has 1 unspecified atom stereocenters. The Labute approximate surface area is 171 Å². The topological polar surface area (TPSA) is 67.4 Å². The molecule has 2 aliphatic carbocycles. The quantitative estimate of drug-likeness (QED) is 0.673. The number of benzene rings is 2. The second-order valence-electron chi connectivity index (χ2n) is 7.80. The highest BCUT2D eigenvalue weighted by atomic mass is 16.5. The van der Waals surface area contributed by atoms with Crippen LogP contribution in [0.1, 0.15) is 53.2 Å². The van der Waals surface area contributed by atoms with E-state index in [1.807, 2.05) is 36.4 Å². The zero-order valence-corrected chi connectivity index (χ0v) is 16.6. The molecular formula is C24H26N2O3. The van der Waals surface area contributed by atoms with Crippen LogP contribution in [0, 0.1) is 5.92 Å². The van der Waals surface area contributed by atoms with Gasteiger partial charge in [0, 0.05) is 17.7 Å². The van der Waals surface area contributed by atoms with Crippen LogP contribution < -0.4 is 15.4 Å². The van der Waals surface area contributed by atoms with Crippen molar-refractivity contribution in [2.24, 2.45) is 5.92 Å². The molecule has 2 fully saturated rings. The summed E-state index contributed by atoms with van der Waals surface area (Å²) < 4.78 is 5.22. The standard InChI is InChI=1S/C24H26N2O3/c1-29-21-13-9-18(10-14-21)23(17-7-8-17)26-22(27)15-4-16-2-5-19(6-3-16)24(28)25-20-11-12-20/h2-6,9-10,13-15,17,20,23H,7-8,11-12H2,1H3,(H,25,28)(H,26,27)/b15-4+. The lowest BCUT2D eigenvalue weighted by Gasteiger charge is -2.18. The molecule has 4 rings (SSSR count). The highest BCUT2D eigenvalue weighted by molar-refractivity contribution is 5.95. The summed E-state index contributed by atoms with van der Waals surface area (Å²) in [4.78, 5) is 24.5. The smallest absolute Gasteiger partial charge is 0.251 e. The van der Waals surface area contributed by atoms with Gasteiger partial charge in [-0.1, -0.05) is 24.3 Å². The van der Waals surface area contributed by atoms with E-state index < -0.39 is 0 Å². The van der Waals surface area contributed by atoms with E-state index in [1.165, 1.54) is 0 Å². The Morgan fingerprint density at radius 1 is 1.00 bits per heavy atom. The van der Waals surface area contributed by atoms with Gasteiger partial charge >= 0.3 is 0 Å². The van der Waals surface area contributed by atoms with Crippen molar-refractivity contribution in [2.75, 3.05) is 7.11 Å². The van der Waals surface area contributed by atoms with Crippen molar-refractivity contribution in [3.63, 3.8) is 0 Å². The molecule has 0 heterocycles. The summed E-state index contributed by atoms with van der Waals surface area (Å²) in [5.74, 6) is 1.15. The molecule has 150 valence electrons. The van der Waals surface area contributed by atoms with Crippen molar-refractivity contribution in [2.45, 2.75) is 37.8 Å². The van der Waals surface area contributed by atoms with E-state index in [2.05, 4.69) is 10.6 Å². The van der Waals surface area contributed by atoms with Crippen LogP contribution in [0.5, 0.6) is 5.75 Å². The van der Waals surface area contributed by atoms with E-state index in [0.29, 0.717) is 17.5 Å². The normalized spacial score (nSPS) is 17.0. The SMILES string of the molecule is COc1ccc(C(NC(=O)/C=C/c2ccc(C(=O)NC3CC3)cc2)C2CC2)cc1. The van der Waals surface area contributed by atoms with Gasteiger partial charge in [0.1, 0.15) is 5.75 Å². The van der Waals surface area contributed by atoms with E-state index in [4.69, 9.17) is 4.74 Å². The van der Waals surface area contributed by atoms with E-state index >= 15 is 0 Å². The fourth-order valence-corrected chi connectivity index (χ4v) is 3.33. The number of ether oxygens (including phenoxy) is 1. The zero-order chi connectivity index (χ0) is 20.2. The predicted molar refractivity (Wildman–Crippen MR) is 113 cm³/mol. The number of carbonyl (C=O) groups is 2. The van der Waals surface area contributed by atoms with Gasteiger partial charge < -0.3 is 15.4 Å². The van der Waals surface area contributed by atoms with Crippen molar-refractivity contribution in [3.05, 3.63) is 71.3 Å². The average Bonchev–Trinajstić information content (AvgIpc) is 3.66. The van der Waals surface area contributed by atoms with E-state index in [1.54, 1.807) is 31.4 Å². The van der Waals surface area contributed by atoms with Gasteiger partial charge in [0.2, 0.25) is 5.91 Å². The molecule has 0 radical (unpaired) electrons. The van der Waals surface area contributed by atoms with Crippen molar-refractivity contribution in [1.82, 2.24) is 10.6 Å². The Morgan fingerprint density at radius 3 is 2.28 bits per heavy atom. The molecule has 2 aromatic carbocycles. The van der Waals surface area contributed by atoms with Crippen LogP contribution in [0.15, 0.2) is 54.6 Å². The molecule has 0 bridgehead atoms. The molecule has 0 aliphatic heterocycles. The Bertz CT molecular complexity index is 895. The lowest BCUT2D eigenvalue weighted by atomic mass is 10.0. The summed E-state index contributed by atoms with van der Waals surface area (Å²) in [6.07, 6.45) is 7.73. The van der Waals surface area contributed by atoms with Crippen molar-refractivity contribution in [3.8, 4) is 5.75 Å². The molecule has 5 heteroatoms. The Hall–Kier alpha value is -3.08. The molecule has 1 atom stereocenters. The van der Waals surface area contributed by atoms with Gasteiger partial charge in [-0.3, -0.25) is 9.59 Å². The van der Waals surface area contributed by atoms with Crippen LogP contribution in [-0.2, 0) is 4.79 Å². The van der Waals surface area contributed by atoms with Crippen LogP contribution in [-0.4, -0.2) is 25.0 Å². The van der Waals surface area contributed by atoms with Crippen molar-refractivity contribution >= 4 is 17.9 Å². The van der Waals surface area contributed by atoms with Crippen LogP contribution in [0.25, 0.3) is 6.08 Å². The predicted octanol–water partition coefficient (Wildman–Crippen LogP) is 3.87. The van der Waals surface area contributed by atoms with Crippen molar-refractivity contribution < 1.29 is 14.3 Å². The van der Waals surface area contributed by atoms with Crippen molar-refractivity contribution in [1.29, 1.82) is 0 Å². The molecule has 5 nitrogen and oxygen atoms in total. The van der Waals surface area contributed by atoms with Crippen LogP contribution in [0.2, 0.25) is 0 Å². The van der Waals surface area contributed by atoms with Gasteiger partial charge in [0.15, 0.2) is 0 Å². The summed E-state index contributed by atoms with van der Waals surface area (Å²) in [6, 6.07) is 15.5. The van der Waals surface area contributed by atoms with E-state index in [-0.39, 0.29) is 17.9 Å². The third-order valence-electron chi connectivity index (χ3n) is 5.38. The van der Waals surface area contributed by atoms with Crippen LogP contribution in [0.3, 0.4) is 0 Å². The van der Waals surface area contributed by atoms with Gasteiger partial charge in [-0.2, -0.15) is 0 Å². The minimum atomic E-state index is -0.117. The summed E-state index contributed by atoms with van der Waals surface area (Å²) in [6.45, 7) is 0. The van der Waals surface area contributed by atoms with Gasteiger partial charge in [0.25, 0.3) is 5.91 Å². The van der Waals surface area contributed by atoms with E-state index in [0.717, 1.165) is 42.6 Å². The summed E-state index contributed by atoms with van der Waals surface area (Å²) >= 11 is 0. The third kappa shape index (κ3) is 5.25. The zero-order valence-electron chi connectivity index (χ0n) is 16.6. The lowest BCUT2D eigenvalue weighted by Crippen LogP contribution is -2.28. The minimum absolute atomic E-state index is 0.0200. The Balaban J connectivity index is 1.35. The molecule has 29 heavy (non-hydrogen) atoms. The van der Waals surface area contributed by atoms with Gasteiger partial charge in [-0.05, 0) is 73.1 Å². The minimum Gasteiger partial charge on any atom is -0.497 e. The highest BCUT2D eigenvalue weighted by Gasteiger charge is 2.33. The van der Waals surface area contributed by atoms with Crippen LogP contribution in [0.4, 0.5) is 0 Å². The summed E-state index contributed by atoms with van der Waals surface area (Å²) in [5.41, 5.74) is 2.63. The molecule has 0 spiro atoms. The Kier molecular flexibility index (Phi) is 5.65. The number of rotatable bonds is 8. The van der Waals surface area contributed by atoms with Gasteiger partial charge in [-0.15, -0.1) is 0 Å². The molecule has 2 saturated carbocycles. The number of nitrogens with one attached hydrogen (secondary N) is 2. The third-order valence-corrected chi connectivity index (χ3v) is 5.38. The molecule has 2 amide bonds. The maximum atomic E-state index is 12.5. The lowest BCUT2D eigenvalue weighted by molar-refractivity contribution is -0.117. The summed E-state index contributed by atoms with van der Waals surface area (Å²) in [7, 11) is 1.64. The first-order chi connectivity index (χ1) is 14.1. The Morgan fingerprint density at radius 2 is 1.69 bits per heavy atom. The van der Waals surface area contributed by atoms with Gasteiger partial charge in [-0.25, -0.2) is 0 Å². The molecular weight excluding hydrogens is 364 g/mol. The molecule has 0 aromatic heterocycles. The second-order valence-corrected chi connectivity index (χ2v) is 7.80. The first-order valence-electron chi connectivity index (χ1n) is 10.2. The highest BCUT2D eigenvalue weighted by Crippen LogP contribution is 2.41. The van der Waals surface area contributed by atoms with Crippen LogP contribution >= 0.6 is 0 Å². The fourth-order valence-electron chi connectivity index (χ4n) is 3.33. The maximum Gasteiger partial charge on any atom is 0.251 e. The number of amides is 2. The first kappa shape index (κ1) is 19.2. The fraction of sp³-hybridized carbons (Fsp3) is 0.333. The molecule has 0 saturated heterocycles. The average molecular weight is 390 g/mol. The number of methoxy groups -OCH3 is 1. The molecule has 2 N–H and O–H groups in total. The number of carbonyl (C=O) groups excluding carboxylic acids is 2. The summed E-state index contributed by atoms with van der Waals surface area (Å²) in [5, 5.41) is 6.10. The monoisotopic (exact) mass is 390 g/mol. The maximum absolute atomic E-state index is 12.5. The molecule has 2 aromatic rings.